The zero-order valence-corrected chi connectivity index (χ0v) is 18.1. The molecular weight excluding hydrogens is 426 g/mol. The van der Waals surface area contributed by atoms with Gasteiger partial charge in [-0.3, -0.25) is 9.69 Å². The van der Waals surface area contributed by atoms with Crippen molar-refractivity contribution in [3.63, 3.8) is 0 Å². The number of benzene rings is 3. The first-order valence-electron chi connectivity index (χ1n) is 10.4. The number of aromatic carboxylic acids is 1. The lowest BCUT2D eigenvalue weighted by Crippen LogP contribution is -2.20. The van der Waals surface area contributed by atoms with Gasteiger partial charge in [0.25, 0.3) is 5.91 Å². The lowest BCUT2D eigenvalue weighted by molar-refractivity contribution is -0.112. The number of carbonyl (C=O) groups excluding carboxylic acids is 1. The molecule has 32 heavy (non-hydrogen) atoms. The van der Waals surface area contributed by atoms with Crippen molar-refractivity contribution in [3.8, 4) is 5.75 Å². The van der Waals surface area contributed by atoms with Crippen molar-refractivity contribution in [1.82, 2.24) is 0 Å². The van der Waals surface area contributed by atoms with E-state index in [2.05, 4.69) is 6.07 Å². The third-order valence-electron chi connectivity index (χ3n) is 6.06. The van der Waals surface area contributed by atoms with E-state index in [1.54, 1.807) is 0 Å². The van der Waals surface area contributed by atoms with Crippen LogP contribution in [0, 0.1) is 6.92 Å². The molecule has 1 aliphatic heterocycles. The number of hydrogen-bond donors (Lipinski definition) is 2. The average molecular weight is 446 g/mol. The van der Waals surface area contributed by atoms with E-state index in [9.17, 15) is 19.8 Å². The number of halogens is 1. The summed E-state index contributed by atoms with van der Waals surface area (Å²) < 4.78 is 0. The largest absolute Gasteiger partial charge is 0.507 e. The molecule has 1 heterocycles. The second-order valence-electron chi connectivity index (χ2n) is 8.19. The molecule has 0 atom stereocenters. The Hall–Kier alpha value is -3.57. The minimum atomic E-state index is -1.23. The summed E-state index contributed by atoms with van der Waals surface area (Å²) in [5, 5.41) is 20.0. The first kappa shape index (κ1) is 20.3. The van der Waals surface area contributed by atoms with Crippen molar-refractivity contribution in [3.05, 3.63) is 87.4 Å². The van der Waals surface area contributed by atoms with Crippen LogP contribution in [0.1, 0.15) is 51.4 Å². The Labute approximate surface area is 190 Å². The minimum absolute atomic E-state index is 0.217. The molecule has 0 spiro atoms. The Morgan fingerprint density at radius 3 is 2.56 bits per heavy atom. The number of fused-ring (bicyclic) bond motifs is 1. The molecule has 5 nitrogen and oxygen atoms in total. The maximum atomic E-state index is 13.7. The molecule has 5 rings (SSSR count). The molecule has 0 bridgehead atoms. The van der Waals surface area contributed by atoms with Crippen LogP contribution in [0.3, 0.4) is 0 Å². The van der Waals surface area contributed by atoms with Gasteiger partial charge in [0, 0.05) is 16.7 Å². The van der Waals surface area contributed by atoms with Crippen LogP contribution in [0.5, 0.6) is 5.75 Å². The molecule has 2 aliphatic rings. The SMILES string of the molecule is Cc1cccc2c1/C(=C/c1c(Cl)cccc1C1CC1)C(=O)N2c1ccc(C(=O)O)c(O)c1. The molecule has 0 saturated heterocycles. The third-order valence-corrected chi connectivity index (χ3v) is 6.39. The highest BCUT2D eigenvalue weighted by Crippen LogP contribution is 2.47. The standard InChI is InChI=1S/C26H20ClNO4/c1-14-4-2-7-22-24(14)20(13-19-17(15-8-9-15)5-3-6-21(19)27)25(30)28(22)16-10-11-18(26(31)32)23(29)12-16/h2-7,10-13,15,29H,8-9H2,1H3,(H,31,32)/b20-13-. The van der Waals surface area contributed by atoms with Gasteiger partial charge in [-0.05, 0) is 72.7 Å². The molecule has 0 radical (unpaired) electrons. The number of rotatable bonds is 4. The molecule has 3 aromatic carbocycles. The van der Waals surface area contributed by atoms with Crippen molar-refractivity contribution < 1.29 is 19.8 Å². The van der Waals surface area contributed by atoms with Gasteiger partial charge in [-0.25, -0.2) is 4.79 Å². The summed E-state index contributed by atoms with van der Waals surface area (Å²) in [7, 11) is 0. The van der Waals surface area contributed by atoms with E-state index < -0.39 is 11.7 Å². The Balaban J connectivity index is 1.68. The predicted octanol–water partition coefficient (Wildman–Crippen LogP) is 6.15. The summed E-state index contributed by atoms with van der Waals surface area (Å²) in [6, 6.07) is 15.6. The van der Waals surface area contributed by atoms with Gasteiger partial charge >= 0.3 is 5.97 Å². The summed E-state index contributed by atoms with van der Waals surface area (Å²) in [6.07, 6.45) is 4.10. The monoisotopic (exact) mass is 445 g/mol. The van der Waals surface area contributed by atoms with Gasteiger partial charge in [-0.1, -0.05) is 35.9 Å². The molecule has 0 aromatic heterocycles. The topological polar surface area (TPSA) is 77.8 Å². The van der Waals surface area contributed by atoms with Crippen LogP contribution in [0.4, 0.5) is 11.4 Å². The molecule has 6 heteroatoms. The minimum Gasteiger partial charge on any atom is -0.507 e. The van der Waals surface area contributed by atoms with Gasteiger partial charge in [0.15, 0.2) is 0 Å². The van der Waals surface area contributed by atoms with Crippen LogP contribution in [0.15, 0.2) is 54.6 Å². The number of aryl methyl sites for hydroxylation is 1. The lowest BCUT2D eigenvalue weighted by atomic mass is 9.96. The van der Waals surface area contributed by atoms with Crippen LogP contribution < -0.4 is 4.90 Å². The van der Waals surface area contributed by atoms with E-state index in [1.807, 2.05) is 43.3 Å². The Bertz CT molecular complexity index is 1320. The Kier molecular flexibility index (Phi) is 4.79. The number of phenols is 1. The second kappa shape index (κ2) is 7.53. The lowest BCUT2D eigenvalue weighted by Gasteiger charge is -2.18. The number of carboxylic acid groups (broad SMARTS) is 1. The molecule has 0 unspecified atom stereocenters. The molecule has 1 aliphatic carbocycles. The van der Waals surface area contributed by atoms with Crippen LogP contribution in [-0.2, 0) is 4.79 Å². The van der Waals surface area contributed by atoms with Gasteiger partial charge in [0.2, 0.25) is 0 Å². The highest BCUT2D eigenvalue weighted by molar-refractivity contribution is 6.39. The van der Waals surface area contributed by atoms with Crippen LogP contribution in [0.2, 0.25) is 5.02 Å². The molecule has 2 N–H and O–H groups in total. The zero-order valence-electron chi connectivity index (χ0n) is 17.3. The van der Waals surface area contributed by atoms with Crippen molar-refractivity contribution in [2.45, 2.75) is 25.7 Å². The fourth-order valence-electron chi connectivity index (χ4n) is 4.36. The number of aromatic hydroxyl groups is 1. The molecular formula is C26H20ClNO4. The van der Waals surface area contributed by atoms with E-state index in [0.717, 1.165) is 35.1 Å². The molecule has 1 fully saturated rings. The fourth-order valence-corrected chi connectivity index (χ4v) is 4.59. The van der Waals surface area contributed by atoms with Gasteiger partial charge in [0.05, 0.1) is 16.9 Å². The van der Waals surface area contributed by atoms with Gasteiger partial charge in [-0.2, -0.15) is 0 Å². The van der Waals surface area contributed by atoms with E-state index in [1.165, 1.54) is 23.1 Å². The predicted molar refractivity (Wildman–Crippen MR) is 125 cm³/mol. The van der Waals surface area contributed by atoms with Gasteiger partial charge in [0.1, 0.15) is 11.3 Å². The molecule has 3 aromatic rings. The molecule has 160 valence electrons. The van der Waals surface area contributed by atoms with Crippen LogP contribution >= 0.6 is 11.6 Å². The average Bonchev–Trinajstić information content (AvgIpc) is 3.54. The Morgan fingerprint density at radius 2 is 1.88 bits per heavy atom. The number of amides is 1. The van der Waals surface area contributed by atoms with E-state index in [-0.39, 0.29) is 11.5 Å². The van der Waals surface area contributed by atoms with Crippen molar-refractivity contribution in [2.75, 3.05) is 4.90 Å². The van der Waals surface area contributed by atoms with Gasteiger partial charge < -0.3 is 10.2 Å². The Morgan fingerprint density at radius 1 is 1.12 bits per heavy atom. The summed E-state index contributed by atoms with van der Waals surface area (Å²) in [5.41, 5.74) is 5.14. The highest BCUT2D eigenvalue weighted by atomic mass is 35.5. The first-order valence-corrected chi connectivity index (χ1v) is 10.8. The number of anilines is 2. The summed E-state index contributed by atoms with van der Waals surface area (Å²) >= 11 is 6.56. The molecule has 1 amide bonds. The van der Waals surface area contributed by atoms with Crippen LogP contribution in [-0.4, -0.2) is 22.1 Å². The number of carbonyl (C=O) groups is 2. The highest BCUT2D eigenvalue weighted by Gasteiger charge is 2.36. The molecule has 1 saturated carbocycles. The summed E-state index contributed by atoms with van der Waals surface area (Å²) in [6.45, 7) is 1.95. The van der Waals surface area contributed by atoms with Crippen molar-refractivity contribution >= 4 is 46.5 Å². The fraction of sp³-hybridized carbons (Fsp3) is 0.154. The van der Waals surface area contributed by atoms with E-state index in [4.69, 9.17) is 11.6 Å². The zero-order chi connectivity index (χ0) is 22.6. The normalized spacial score (nSPS) is 16.5. The smallest absolute Gasteiger partial charge is 0.339 e. The first-order chi connectivity index (χ1) is 15.4. The quantitative estimate of drug-likeness (QED) is 0.472. The maximum absolute atomic E-state index is 13.7. The summed E-state index contributed by atoms with van der Waals surface area (Å²) in [5.74, 6) is -1.41. The summed E-state index contributed by atoms with van der Waals surface area (Å²) in [4.78, 5) is 26.5. The van der Waals surface area contributed by atoms with Crippen LogP contribution in [0.25, 0.3) is 11.6 Å². The van der Waals surface area contributed by atoms with Gasteiger partial charge in [-0.15, -0.1) is 0 Å². The van der Waals surface area contributed by atoms with Crippen molar-refractivity contribution in [1.29, 1.82) is 0 Å². The number of hydrogen-bond acceptors (Lipinski definition) is 3. The van der Waals surface area contributed by atoms with E-state index in [0.29, 0.717) is 27.9 Å². The maximum Gasteiger partial charge on any atom is 0.339 e. The van der Waals surface area contributed by atoms with Crippen molar-refractivity contribution in [2.24, 2.45) is 0 Å². The van der Waals surface area contributed by atoms with E-state index >= 15 is 0 Å². The number of carboxylic acids is 1. The third kappa shape index (κ3) is 3.26. The number of nitrogens with zero attached hydrogens (tertiary/aromatic N) is 1. The second-order valence-corrected chi connectivity index (χ2v) is 8.60.